The van der Waals surface area contributed by atoms with Crippen molar-refractivity contribution in [3.05, 3.63) is 34.4 Å². The molecule has 0 aliphatic carbocycles. The fourth-order valence-electron chi connectivity index (χ4n) is 2.40. The number of anilines is 1. The largest absolute Gasteiger partial charge is 0.381 e. The van der Waals surface area contributed by atoms with Crippen LogP contribution in [-0.4, -0.2) is 47.3 Å². The monoisotopic (exact) mass is 456 g/mol. The molecule has 0 radical (unpaired) electrons. The second-order valence-electron chi connectivity index (χ2n) is 6.62. The fraction of sp³-hybridized carbons (Fsp3) is 0.571. The molecular formula is C21H34Cl2N6O. The minimum absolute atomic E-state index is 0.454. The van der Waals surface area contributed by atoms with Gasteiger partial charge in [-0.05, 0) is 43.9 Å². The summed E-state index contributed by atoms with van der Waals surface area (Å²) in [5.74, 6) is 1.10. The van der Waals surface area contributed by atoms with Crippen molar-refractivity contribution in [1.29, 1.82) is 0 Å². The molecule has 0 aliphatic rings. The summed E-state index contributed by atoms with van der Waals surface area (Å²) in [6.07, 6.45) is 5.93. The number of aromatic nitrogens is 3. The fourth-order valence-corrected chi connectivity index (χ4v) is 2.70. The molecule has 7 nitrogen and oxygen atoms in total. The maximum atomic E-state index is 6.07. The summed E-state index contributed by atoms with van der Waals surface area (Å²) in [6.45, 7) is 11.6. The van der Waals surface area contributed by atoms with Gasteiger partial charge in [-0.1, -0.05) is 56.1 Å². The highest BCUT2D eigenvalue weighted by Gasteiger charge is 2.14. The van der Waals surface area contributed by atoms with E-state index in [1.165, 1.54) is 0 Å². The molecule has 9 heteroatoms. The van der Waals surface area contributed by atoms with Gasteiger partial charge in [-0.25, -0.2) is 4.68 Å². The van der Waals surface area contributed by atoms with Crippen molar-refractivity contribution in [3.63, 3.8) is 0 Å². The SMILES string of the molecule is CCCN=C(N)N(CCC)c1cn(-c2ccc(Cl)c(Cl)c2)nn1.CCCOCCC. The topological polar surface area (TPSA) is 81.6 Å². The van der Waals surface area contributed by atoms with Crippen LogP contribution in [0.4, 0.5) is 5.82 Å². The second kappa shape index (κ2) is 15.0. The summed E-state index contributed by atoms with van der Waals surface area (Å²) in [6, 6.07) is 5.29. The van der Waals surface area contributed by atoms with Gasteiger partial charge in [0.05, 0.1) is 21.9 Å². The first-order valence-electron chi connectivity index (χ1n) is 10.5. The number of hydrogen-bond donors (Lipinski definition) is 1. The molecule has 168 valence electrons. The number of guanidine groups is 1. The standard InChI is InChI=1S/C15H20Cl2N6.C6H14O/c1-3-7-19-15(18)22(8-4-2)14-10-23(21-20-14)11-5-6-12(16)13(17)9-11;1-3-5-7-6-4-2/h5-6,9-10H,3-4,7-8H2,1-2H3,(H2,18,19);3-6H2,1-2H3. The smallest absolute Gasteiger partial charge is 0.197 e. The van der Waals surface area contributed by atoms with Gasteiger partial charge in [-0.2, -0.15) is 0 Å². The number of nitrogens with zero attached hydrogens (tertiary/aromatic N) is 5. The Kier molecular flexibility index (Phi) is 13.1. The Morgan fingerprint density at radius 3 is 2.33 bits per heavy atom. The molecule has 0 fully saturated rings. The number of hydrogen-bond acceptors (Lipinski definition) is 4. The number of halogens is 2. The Morgan fingerprint density at radius 1 is 1.07 bits per heavy atom. The minimum atomic E-state index is 0.454. The number of nitrogens with two attached hydrogens (primary N) is 1. The molecule has 0 saturated carbocycles. The number of rotatable bonds is 10. The lowest BCUT2D eigenvalue weighted by atomic mass is 10.3. The van der Waals surface area contributed by atoms with Gasteiger partial charge in [-0.3, -0.25) is 9.89 Å². The molecule has 2 aromatic rings. The van der Waals surface area contributed by atoms with Crippen LogP contribution in [0.1, 0.15) is 53.4 Å². The van der Waals surface area contributed by atoms with Crippen LogP contribution in [0.5, 0.6) is 0 Å². The van der Waals surface area contributed by atoms with Crippen LogP contribution in [-0.2, 0) is 4.74 Å². The predicted molar refractivity (Wildman–Crippen MR) is 127 cm³/mol. The van der Waals surface area contributed by atoms with Crippen molar-refractivity contribution in [3.8, 4) is 5.69 Å². The van der Waals surface area contributed by atoms with Gasteiger partial charge in [0.1, 0.15) is 0 Å². The van der Waals surface area contributed by atoms with E-state index in [1.807, 2.05) is 11.0 Å². The summed E-state index contributed by atoms with van der Waals surface area (Å²) in [7, 11) is 0. The van der Waals surface area contributed by atoms with Crippen LogP contribution in [0.15, 0.2) is 29.4 Å². The van der Waals surface area contributed by atoms with Crippen LogP contribution >= 0.6 is 23.2 Å². The summed E-state index contributed by atoms with van der Waals surface area (Å²) in [4.78, 5) is 6.21. The lowest BCUT2D eigenvalue weighted by Gasteiger charge is -2.19. The molecule has 1 aromatic heterocycles. The van der Waals surface area contributed by atoms with Gasteiger partial charge in [-0.15, -0.1) is 5.10 Å². The van der Waals surface area contributed by atoms with Crippen molar-refractivity contribution in [2.75, 3.05) is 31.2 Å². The molecule has 0 atom stereocenters. The Labute approximate surface area is 190 Å². The first-order valence-corrected chi connectivity index (χ1v) is 11.3. The molecule has 1 heterocycles. The molecule has 0 amide bonds. The van der Waals surface area contributed by atoms with E-state index in [0.29, 0.717) is 28.4 Å². The van der Waals surface area contributed by atoms with Crippen LogP contribution in [0.3, 0.4) is 0 Å². The first-order chi connectivity index (χ1) is 14.5. The number of aliphatic imine (C=N–C) groups is 1. The highest BCUT2D eigenvalue weighted by Crippen LogP contribution is 2.24. The van der Waals surface area contributed by atoms with Crippen molar-refractivity contribution < 1.29 is 4.74 Å². The van der Waals surface area contributed by atoms with Gasteiger partial charge in [0.2, 0.25) is 0 Å². The zero-order valence-corrected chi connectivity index (χ0v) is 20.0. The maximum Gasteiger partial charge on any atom is 0.197 e. The van der Waals surface area contributed by atoms with Crippen molar-refractivity contribution in [2.45, 2.75) is 53.4 Å². The summed E-state index contributed by atoms with van der Waals surface area (Å²) >= 11 is 12.0. The average molecular weight is 457 g/mol. The quantitative estimate of drug-likeness (QED) is 0.296. The Hall–Kier alpha value is -1.83. The van der Waals surface area contributed by atoms with E-state index < -0.39 is 0 Å². The molecule has 0 saturated heterocycles. The minimum Gasteiger partial charge on any atom is -0.381 e. The van der Waals surface area contributed by atoms with Crippen molar-refractivity contribution in [1.82, 2.24) is 15.0 Å². The van der Waals surface area contributed by atoms with Gasteiger partial charge in [0, 0.05) is 26.3 Å². The average Bonchev–Trinajstić information content (AvgIpc) is 3.23. The molecule has 0 spiro atoms. The molecule has 0 bridgehead atoms. The molecule has 30 heavy (non-hydrogen) atoms. The van der Waals surface area contributed by atoms with E-state index in [2.05, 4.69) is 43.0 Å². The zero-order chi connectivity index (χ0) is 22.4. The zero-order valence-electron chi connectivity index (χ0n) is 18.4. The van der Waals surface area contributed by atoms with Crippen LogP contribution < -0.4 is 10.6 Å². The highest BCUT2D eigenvalue weighted by molar-refractivity contribution is 6.42. The van der Waals surface area contributed by atoms with E-state index in [0.717, 1.165) is 51.1 Å². The number of benzene rings is 1. The van der Waals surface area contributed by atoms with E-state index in [-0.39, 0.29) is 0 Å². The van der Waals surface area contributed by atoms with Crippen LogP contribution in [0, 0.1) is 0 Å². The van der Waals surface area contributed by atoms with Crippen LogP contribution in [0.25, 0.3) is 5.69 Å². The molecule has 2 N–H and O–H groups in total. The second-order valence-corrected chi connectivity index (χ2v) is 7.44. The first kappa shape index (κ1) is 26.2. The number of ether oxygens (including phenoxy) is 1. The Bertz CT molecular complexity index is 762. The van der Waals surface area contributed by atoms with E-state index in [1.54, 1.807) is 23.0 Å². The van der Waals surface area contributed by atoms with Gasteiger partial charge >= 0.3 is 0 Å². The normalized spacial score (nSPS) is 11.2. The molecule has 1 aromatic carbocycles. The van der Waals surface area contributed by atoms with Crippen molar-refractivity contribution >= 4 is 35.0 Å². The van der Waals surface area contributed by atoms with Crippen molar-refractivity contribution in [2.24, 2.45) is 10.7 Å². The Morgan fingerprint density at radius 2 is 1.77 bits per heavy atom. The lowest BCUT2D eigenvalue weighted by molar-refractivity contribution is 0.135. The van der Waals surface area contributed by atoms with E-state index >= 15 is 0 Å². The molecular weight excluding hydrogens is 423 g/mol. The predicted octanol–water partition coefficient (Wildman–Crippen LogP) is 5.34. The molecule has 2 rings (SSSR count). The third-order valence-corrected chi connectivity index (χ3v) is 4.58. The summed E-state index contributed by atoms with van der Waals surface area (Å²) in [5.41, 5.74) is 6.85. The van der Waals surface area contributed by atoms with Gasteiger partial charge in [0.25, 0.3) is 0 Å². The summed E-state index contributed by atoms with van der Waals surface area (Å²) < 4.78 is 6.76. The third-order valence-electron chi connectivity index (χ3n) is 3.84. The van der Waals surface area contributed by atoms with E-state index in [9.17, 15) is 0 Å². The van der Waals surface area contributed by atoms with E-state index in [4.69, 9.17) is 33.7 Å². The maximum absolute atomic E-state index is 6.07. The highest BCUT2D eigenvalue weighted by atomic mass is 35.5. The van der Waals surface area contributed by atoms with Gasteiger partial charge in [0.15, 0.2) is 11.8 Å². The third kappa shape index (κ3) is 8.90. The van der Waals surface area contributed by atoms with Gasteiger partial charge < -0.3 is 10.5 Å². The summed E-state index contributed by atoms with van der Waals surface area (Å²) in [5, 5.41) is 9.30. The molecule has 0 aliphatic heterocycles. The molecule has 0 unspecified atom stereocenters. The Balaban J connectivity index is 0.000000553. The lowest BCUT2D eigenvalue weighted by Crippen LogP contribution is -2.38. The van der Waals surface area contributed by atoms with Crippen LogP contribution in [0.2, 0.25) is 10.0 Å².